The molecule has 2 heterocycles. The number of piperidine rings is 1. The molecule has 1 saturated carbocycles. The van der Waals surface area contributed by atoms with Gasteiger partial charge in [-0.15, -0.1) is 0 Å². The average Bonchev–Trinajstić information content (AvgIpc) is 3.20. The molecule has 0 aromatic carbocycles. The Labute approximate surface area is 130 Å². The molecule has 0 bridgehead atoms. The van der Waals surface area contributed by atoms with Crippen molar-refractivity contribution in [2.45, 2.75) is 50.6 Å². The summed E-state index contributed by atoms with van der Waals surface area (Å²) in [4.78, 5) is 25.9. The summed E-state index contributed by atoms with van der Waals surface area (Å²) in [6, 6.07) is 3.81. The van der Waals surface area contributed by atoms with Crippen molar-refractivity contribution < 1.29 is 14.0 Å². The van der Waals surface area contributed by atoms with Crippen LogP contribution in [0.3, 0.4) is 0 Å². The zero-order valence-corrected chi connectivity index (χ0v) is 12.7. The highest BCUT2D eigenvalue weighted by Gasteiger charge is 2.26. The van der Waals surface area contributed by atoms with Crippen molar-refractivity contribution in [3.8, 4) is 0 Å². The molecule has 0 spiro atoms. The van der Waals surface area contributed by atoms with Gasteiger partial charge in [0.25, 0.3) is 5.91 Å². The van der Waals surface area contributed by atoms with Crippen LogP contribution in [0.1, 0.15) is 49.1 Å². The highest BCUT2D eigenvalue weighted by Crippen LogP contribution is 2.18. The molecule has 2 aliphatic rings. The molecule has 3 rings (SSSR count). The predicted molar refractivity (Wildman–Crippen MR) is 81.6 cm³/mol. The third kappa shape index (κ3) is 3.61. The topological polar surface area (TPSA) is 74.6 Å². The molecule has 1 saturated heterocycles. The van der Waals surface area contributed by atoms with Gasteiger partial charge in [-0.25, -0.2) is 4.79 Å². The summed E-state index contributed by atoms with van der Waals surface area (Å²) in [5.41, 5.74) is 0. The molecule has 0 unspecified atom stereocenters. The van der Waals surface area contributed by atoms with Gasteiger partial charge in [0.15, 0.2) is 5.76 Å². The number of hydrogen-bond acceptors (Lipinski definition) is 3. The number of hydrogen-bond donors (Lipinski definition) is 2. The smallest absolute Gasteiger partial charge is 0.315 e. The molecule has 0 atom stereocenters. The fourth-order valence-electron chi connectivity index (χ4n) is 3.27. The van der Waals surface area contributed by atoms with Gasteiger partial charge in [-0.1, -0.05) is 12.8 Å². The van der Waals surface area contributed by atoms with Gasteiger partial charge in [-0.3, -0.25) is 4.79 Å². The van der Waals surface area contributed by atoms with Crippen molar-refractivity contribution >= 4 is 11.9 Å². The average molecular weight is 305 g/mol. The minimum Gasteiger partial charge on any atom is -0.459 e. The third-order valence-electron chi connectivity index (χ3n) is 4.54. The van der Waals surface area contributed by atoms with Crippen LogP contribution in [0, 0.1) is 0 Å². The van der Waals surface area contributed by atoms with Gasteiger partial charge in [-0.2, -0.15) is 0 Å². The van der Waals surface area contributed by atoms with Crippen LogP contribution in [0.2, 0.25) is 0 Å². The zero-order chi connectivity index (χ0) is 15.4. The van der Waals surface area contributed by atoms with Crippen molar-refractivity contribution in [3.05, 3.63) is 24.2 Å². The van der Waals surface area contributed by atoms with Crippen LogP contribution in [-0.2, 0) is 0 Å². The molecular formula is C16H23N3O3. The molecule has 1 aliphatic heterocycles. The molecule has 6 heteroatoms. The number of nitrogens with one attached hydrogen (secondary N) is 2. The van der Waals surface area contributed by atoms with E-state index in [2.05, 4.69) is 10.6 Å². The lowest BCUT2D eigenvalue weighted by Crippen LogP contribution is -2.50. The summed E-state index contributed by atoms with van der Waals surface area (Å²) < 4.78 is 5.14. The van der Waals surface area contributed by atoms with E-state index >= 15 is 0 Å². The molecule has 22 heavy (non-hydrogen) atoms. The minimum absolute atomic E-state index is 0.0669. The van der Waals surface area contributed by atoms with Gasteiger partial charge in [0, 0.05) is 25.2 Å². The Morgan fingerprint density at radius 3 is 2.27 bits per heavy atom. The fraction of sp³-hybridized carbons (Fsp3) is 0.625. The van der Waals surface area contributed by atoms with Crippen LogP contribution in [0.4, 0.5) is 4.79 Å². The van der Waals surface area contributed by atoms with Crippen molar-refractivity contribution in [2.24, 2.45) is 0 Å². The number of urea groups is 1. The van der Waals surface area contributed by atoms with Gasteiger partial charge in [0.1, 0.15) is 0 Å². The Balaban J connectivity index is 1.41. The van der Waals surface area contributed by atoms with Gasteiger partial charge in [0.05, 0.1) is 6.26 Å². The molecule has 1 aromatic rings. The third-order valence-corrected chi connectivity index (χ3v) is 4.54. The van der Waals surface area contributed by atoms with Crippen LogP contribution >= 0.6 is 0 Å². The highest BCUT2D eigenvalue weighted by molar-refractivity contribution is 5.91. The first kappa shape index (κ1) is 14.9. The standard InChI is InChI=1S/C16H23N3O3/c20-15(14-6-3-11-22-14)19-9-7-13(8-10-19)18-16(21)17-12-4-1-2-5-12/h3,6,11-13H,1-2,4-5,7-10H2,(H2,17,18,21). The molecule has 2 N–H and O–H groups in total. The molecule has 1 aromatic heterocycles. The number of carbonyl (C=O) groups excluding carboxylic acids is 2. The van der Waals surface area contributed by atoms with E-state index in [1.807, 2.05) is 0 Å². The maximum atomic E-state index is 12.2. The summed E-state index contributed by atoms with van der Waals surface area (Å²) in [7, 11) is 0. The van der Waals surface area contributed by atoms with E-state index in [-0.39, 0.29) is 18.0 Å². The summed E-state index contributed by atoms with van der Waals surface area (Å²) in [6.45, 7) is 1.29. The summed E-state index contributed by atoms with van der Waals surface area (Å²) in [5, 5.41) is 6.07. The molecule has 120 valence electrons. The highest BCUT2D eigenvalue weighted by atomic mass is 16.3. The van der Waals surface area contributed by atoms with E-state index in [9.17, 15) is 9.59 Å². The van der Waals surface area contributed by atoms with Crippen LogP contribution in [0.5, 0.6) is 0 Å². The van der Waals surface area contributed by atoms with Crippen molar-refractivity contribution in [1.82, 2.24) is 15.5 Å². The summed E-state index contributed by atoms with van der Waals surface area (Å²) >= 11 is 0. The fourth-order valence-corrected chi connectivity index (χ4v) is 3.27. The first-order valence-corrected chi connectivity index (χ1v) is 8.12. The van der Waals surface area contributed by atoms with E-state index < -0.39 is 0 Å². The number of rotatable bonds is 3. The quantitative estimate of drug-likeness (QED) is 0.898. The lowest BCUT2D eigenvalue weighted by atomic mass is 10.0. The van der Waals surface area contributed by atoms with Crippen molar-refractivity contribution in [3.63, 3.8) is 0 Å². The molecule has 6 nitrogen and oxygen atoms in total. The maximum Gasteiger partial charge on any atom is 0.315 e. The van der Waals surface area contributed by atoms with Crippen molar-refractivity contribution in [1.29, 1.82) is 0 Å². The Kier molecular flexibility index (Phi) is 4.65. The molecular weight excluding hydrogens is 282 g/mol. The zero-order valence-electron chi connectivity index (χ0n) is 12.7. The normalized spacial score (nSPS) is 20.1. The molecule has 0 radical (unpaired) electrons. The Morgan fingerprint density at radius 1 is 1.05 bits per heavy atom. The second-order valence-electron chi connectivity index (χ2n) is 6.14. The molecule has 3 amide bonds. The van der Waals surface area contributed by atoms with Crippen LogP contribution in [0.25, 0.3) is 0 Å². The lowest BCUT2D eigenvalue weighted by Gasteiger charge is -2.32. The van der Waals surface area contributed by atoms with E-state index in [0.29, 0.717) is 24.9 Å². The second kappa shape index (κ2) is 6.85. The van der Waals surface area contributed by atoms with Gasteiger partial charge in [-0.05, 0) is 37.8 Å². The molecule has 1 aliphatic carbocycles. The number of nitrogens with zero attached hydrogens (tertiary/aromatic N) is 1. The number of amides is 3. The lowest BCUT2D eigenvalue weighted by molar-refractivity contribution is 0.0676. The predicted octanol–water partition coefficient (Wildman–Crippen LogP) is 2.13. The van der Waals surface area contributed by atoms with E-state index in [4.69, 9.17) is 4.42 Å². The van der Waals surface area contributed by atoms with Gasteiger partial charge >= 0.3 is 6.03 Å². The number of likely N-dealkylation sites (tertiary alicyclic amines) is 1. The first-order valence-electron chi connectivity index (χ1n) is 8.12. The largest absolute Gasteiger partial charge is 0.459 e. The summed E-state index contributed by atoms with van der Waals surface area (Å²) in [5.74, 6) is 0.309. The van der Waals surface area contributed by atoms with E-state index in [0.717, 1.165) is 25.7 Å². The minimum atomic E-state index is -0.0705. The van der Waals surface area contributed by atoms with E-state index in [1.54, 1.807) is 17.0 Å². The van der Waals surface area contributed by atoms with Crippen LogP contribution in [0.15, 0.2) is 22.8 Å². The maximum absolute atomic E-state index is 12.2. The molecule has 2 fully saturated rings. The SMILES string of the molecule is O=C(NC1CCCC1)NC1CCN(C(=O)c2ccco2)CC1. The second-order valence-corrected chi connectivity index (χ2v) is 6.14. The Bertz CT molecular complexity index is 501. The van der Waals surface area contributed by atoms with Gasteiger partial charge < -0.3 is 20.0 Å². The van der Waals surface area contributed by atoms with Crippen LogP contribution < -0.4 is 10.6 Å². The van der Waals surface area contributed by atoms with E-state index in [1.165, 1.54) is 19.1 Å². The van der Waals surface area contributed by atoms with Crippen LogP contribution in [-0.4, -0.2) is 42.0 Å². The Morgan fingerprint density at radius 2 is 1.68 bits per heavy atom. The first-order chi connectivity index (χ1) is 10.7. The number of furan rings is 1. The monoisotopic (exact) mass is 305 g/mol. The summed E-state index contributed by atoms with van der Waals surface area (Å²) in [6.07, 6.45) is 7.66. The number of carbonyl (C=O) groups is 2. The Hall–Kier alpha value is -1.98. The van der Waals surface area contributed by atoms with Crippen molar-refractivity contribution in [2.75, 3.05) is 13.1 Å². The van der Waals surface area contributed by atoms with Gasteiger partial charge in [0.2, 0.25) is 0 Å².